The molecule has 0 aliphatic carbocycles. The van der Waals surface area contributed by atoms with Gasteiger partial charge in [-0.3, -0.25) is 4.79 Å². The summed E-state index contributed by atoms with van der Waals surface area (Å²) in [6.07, 6.45) is 0. The average Bonchev–Trinajstić information content (AvgIpc) is 2.55. The summed E-state index contributed by atoms with van der Waals surface area (Å²) in [6, 6.07) is 4.20. The summed E-state index contributed by atoms with van der Waals surface area (Å²) in [5.74, 6) is -0.424. The Morgan fingerprint density at radius 3 is 2.58 bits per heavy atom. The van der Waals surface area contributed by atoms with Crippen LogP contribution in [0.4, 0.5) is 0 Å². The first kappa shape index (κ1) is 19.1. The number of sulfonamides is 1. The van der Waals surface area contributed by atoms with E-state index < -0.39 is 15.9 Å². The lowest BCUT2D eigenvalue weighted by Gasteiger charge is -2.31. The smallest absolute Gasteiger partial charge is 0.252 e. The van der Waals surface area contributed by atoms with Crippen LogP contribution in [0.15, 0.2) is 23.1 Å². The minimum atomic E-state index is -3.64. The van der Waals surface area contributed by atoms with E-state index in [-0.39, 0.29) is 15.5 Å². The predicted octanol–water partition coefficient (Wildman–Crippen LogP) is 0.652. The van der Waals surface area contributed by atoms with Gasteiger partial charge in [-0.05, 0) is 25.2 Å². The van der Waals surface area contributed by atoms with E-state index in [1.165, 1.54) is 29.6 Å². The van der Waals surface area contributed by atoms with Crippen molar-refractivity contribution in [2.75, 3.05) is 53.5 Å². The maximum absolute atomic E-state index is 12.8. The summed E-state index contributed by atoms with van der Waals surface area (Å²) in [5, 5.41) is 2.85. The summed E-state index contributed by atoms with van der Waals surface area (Å²) >= 11 is 6.05. The van der Waals surface area contributed by atoms with Gasteiger partial charge in [-0.1, -0.05) is 11.6 Å². The van der Waals surface area contributed by atoms with Crippen molar-refractivity contribution in [3.05, 3.63) is 28.8 Å². The topological polar surface area (TPSA) is 78.9 Å². The maximum Gasteiger partial charge on any atom is 0.252 e. The van der Waals surface area contributed by atoms with Gasteiger partial charge >= 0.3 is 0 Å². The molecule has 1 saturated heterocycles. The standard InChI is InChI=1S/C15H22ClN3O4S/c1-18-6-8-19(9-7-18)24(21,22)12-3-4-14(16)13(11-12)15(20)17-5-10-23-2/h3-4,11H,5-10H2,1-2H3,(H,17,20). The number of hydrogen-bond donors (Lipinski definition) is 1. The number of amides is 1. The highest BCUT2D eigenvalue weighted by Gasteiger charge is 2.28. The minimum absolute atomic E-state index is 0.0772. The lowest BCUT2D eigenvalue weighted by molar-refractivity contribution is 0.0937. The molecule has 1 aliphatic rings. The average molecular weight is 376 g/mol. The zero-order chi connectivity index (χ0) is 17.7. The number of rotatable bonds is 6. The molecule has 1 aromatic carbocycles. The zero-order valence-corrected chi connectivity index (χ0v) is 15.4. The van der Waals surface area contributed by atoms with E-state index in [1.54, 1.807) is 0 Å². The van der Waals surface area contributed by atoms with Crippen LogP contribution in [0.25, 0.3) is 0 Å². The highest BCUT2D eigenvalue weighted by Crippen LogP contribution is 2.23. The summed E-state index contributed by atoms with van der Waals surface area (Å²) in [5.41, 5.74) is 0.142. The maximum atomic E-state index is 12.8. The fraction of sp³-hybridized carbons (Fsp3) is 0.533. The van der Waals surface area contributed by atoms with E-state index in [4.69, 9.17) is 16.3 Å². The first-order valence-corrected chi connectivity index (χ1v) is 9.43. The Morgan fingerprint density at radius 1 is 1.29 bits per heavy atom. The van der Waals surface area contributed by atoms with Gasteiger partial charge in [-0.25, -0.2) is 8.42 Å². The predicted molar refractivity (Wildman–Crippen MR) is 91.9 cm³/mol. The van der Waals surface area contributed by atoms with E-state index in [9.17, 15) is 13.2 Å². The Labute approximate surface area is 147 Å². The Kier molecular flexibility index (Phi) is 6.59. The van der Waals surface area contributed by atoms with Gasteiger partial charge in [0.1, 0.15) is 0 Å². The molecule has 0 saturated carbocycles. The third-order valence-corrected chi connectivity index (χ3v) is 6.10. The van der Waals surface area contributed by atoms with Crippen molar-refractivity contribution in [2.24, 2.45) is 0 Å². The number of ether oxygens (including phenoxy) is 1. The molecule has 1 fully saturated rings. The molecule has 1 N–H and O–H groups in total. The highest BCUT2D eigenvalue weighted by molar-refractivity contribution is 7.89. The number of carbonyl (C=O) groups is 1. The quantitative estimate of drug-likeness (QED) is 0.739. The summed E-state index contributed by atoms with van der Waals surface area (Å²) in [6.45, 7) is 2.89. The number of carbonyl (C=O) groups excluding carboxylic acids is 1. The molecule has 9 heteroatoms. The number of halogens is 1. The van der Waals surface area contributed by atoms with Gasteiger partial charge < -0.3 is 15.0 Å². The number of nitrogens with one attached hydrogen (secondary N) is 1. The first-order chi connectivity index (χ1) is 11.4. The molecule has 1 aliphatic heterocycles. The molecule has 0 atom stereocenters. The fourth-order valence-corrected chi connectivity index (χ4v) is 4.03. The molecule has 0 unspecified atom stereocenters. The molecule has 2 rings (SSSR count). The monoisotopic (exact) mass is 375 g/mol. The van der Waals surface area contributed by atoms with Gasteiger partial charge in [0.25, 0.3) is 5.91 Å². The highest BCUT2D eigenvalue weighted by atomic mass is 35.5. The van der Waals surface area contributed by atoms with Crippen LogP contribution in [-0.4, -0.2) is 77.0 Å². The van der Waals surface area contributed by atoms with E-state index in [2.05, 4.69) is 10.2 Å². The molecular weight excluding hydrogens is 354 g/mol. The molecule has 7 nitrogen and oxygen atoms in total. The zero-order valence-electron chi connectivity index (χ0n) is 13.8. The minimum Gasteiger partial charge on any atom is -0.383 e. The molecule has 24 heavy (non-hydrogen) atoms. The molecule has 0 bridgehead atoms. The van der Waals surface area contributed by atoms with Crippen LogP contribution >= 0.6 is 11.6 Å². The summed E-state index contributed by atoms with van der Waals surface area (Å²) in [4.78, 5) is 14.3. The number of benzene rings is 1. The van der Waals surface area contributed by atoms with Crippen molar-refractivity contribution >= 4 is 27.5 Å². The molecule has 0 aromatic heterocycles. The molecule has 0 spiro atoms. The van der Waals surface area contributed by atoms with Crippen LogP contribution in [0.3, 0.4) is 0 Å². The van der Waals surface area contributed by atoms with Gasteiger partial charge in [0.2, 0.25) is 10.0 Å². The second-order valence-electron chi connectivity index (χ2n) is 5.60. The van der Waals surface area contributed by atoms with Crippen LogP contribution in [-0.2, 0) is 14.8 Å². The van der Waals surface area contributed by atoms with Gasteiger partial charge in [0, 0.05) is 39.8 Å². The largest absolute Gasteiger partial charge is 0.383 e. The Hall–Kier alpha value is -1.19. The number of nitrogens with zero attached hydrogens (tertiary/aromatic N) is 2. The van der Waals surface area contributed by atoms with Crippen LogP contribution < -0.4 is 5.32 Å². The van der Waals surface area contributed by atoms with Gasteiger partial charge in [0.05, 0.1) is 22.1 Å². The summed E-state index contributed by atoms with van der Waals surface area (Å²) < 4.78 is 31.8. The van der Waals surface area contributed by atoms with Crippen molar-refractivity contribution < 1.29 is 17.9 Å². The van der Waals surface area contributed by atoms with E-state index in [0.29, 0.717) is 39.3 Å². The molecule has 0 radical (unpaired) electrons. The third-order valence-electron chi connectivity index (χ3n) is 3.87. The number of likely N-dealkylation sites (N-methyl/N-ethyl adjacent to an activating group) is 1. The molecule has 1 amide bonds. The Bertz CT molecular complexity index is 688. The van der Waals surface area contributed by atoms with E-state index in [0.717, 1.165) is 0 Å². The summed E-state index contributed by atoms with van der Waals surface area (Å²) in [7, 11) is -0.157. The Morgan fingerprint density at radius 2 is 1.96 bits per heavy atom. The van der Waals surface area contributed by atoms with Gasteiger partial charge in [0.15, 0.2) is 0 Å². The Balaban J connectivity index is 2.21. The first-order valence-electron chi connectivity index (χ1n) is 7.61. The van der Waals surface area contributed by atoms with Crippen LogP contribution in [0.2, 0.25) is 5.02 Å². The van der Waals surface area contributed by atoms with E-state index >= 15 is 0 Å². The SMILES string of the molecule is COCCNC(=O)c1cc(S(=O)(=O)N2CCN(C)CC2)ccc1Cl. The van der Waals surface area contributed by atoms with Crippen molar-refractivity contribution in [2.45, 2.75) is 4.90 Å². The lowest BCUT2D eigenvalue weighted by atomic mass is 10.2. The molecule has 1 heterocycles. The van der Waals surface area contributed by atoms with Crippen molar-refractivity contribution in [1.29, 1.82) is 0 Å². The van der Waals surface area contributed by atoms with Crippen molar-refractivity contribution in [3.63, 3.8) is 0 Å². The second kappa shape index (κ2) is 8.26. The number of hydrogen-bond acceptors (Lipinski definition) is 5. The van der Waals surface area contributed by atoms with E-state index in [1.807, 2.05) is 7.05 Å². The van der Waals surface area contributed by atoms with Crippen molar-refractivity contribution in [3.8, 4) is 0 Å². The van der Waals surface area contributed by atoms with Crippen molar-refractivity contribution in [1.82, 2.24) is 14.5 Å². The normalized spacial score (nSPS) is 17.0. The van der Waals surface area contributed by atoms with Gasteiger partial charge in [-0.15, -0.1) is 0 Å². The molecule has 134 valence electrons. The fourth-order valence-electron chi connectivity index (χ4n) is 2.38. The second-order valence-corrected chi connectivity index (χ2v) is 7.94. The lowest BCUT2D eigenvalue weighted by Crippen LogP contribution is -2.47. The van der Waals surface area contributed by atoms with Gasteiger partial charge in [-0.2, -0.15) is 4.31 Å². The van der Waals surface area contributed by atoms with Crippen LogP contribution in [0, 0.1) is 0 Å². The molecule has 1 aromatic rings. The van der Waals surface area contributed by atoms with Crippen LogP contribution in [0.1, 0.15) is 10.4 Å². The third kappa shape index (κ3) is 4.46. The van der Waals surface area contributed by atoms with Crippen LogP contribution in [0.5, 0.6) is 0 Å². The molecular formula is C15H22ClN3O4S. The number of methoxy groups -OCH3 is 1. The number of piperazine rings is 1.